The molecule has 1 aliphatic rings. The number of aromatic nitrogens is 1. The number of furan rings is 2. The van der Waals surface area contributed by atoms with E-state index in [4.69, 9.17) is 8.83 Å². The number of fused-ring (bicyclic) bond motifs is 12. The van der Waals surface area contributed by atoms with Crippen molar-refractivity contribution in [3.63, 3.8) is 0 Å². The van der Waals surface area contributed by atoms with E-state index in [0.29, 0.717) is 0 Å². The highest BCUT2D eigenvalue weighted by Crippen LogP contribution is 2.55. The molecule has 0 N–H and O–H groups in total. The molecule has 0 fully saturated rings. The molecule has 3 aromatic heterocycles. The summed E-state index contributed by atoms with van der Waals surface area (Å²) in [6, 6.07) is 79.0. The van der Waals surface area contributed by atoms with Crippen LogP contribution in [0.15, 0.2) is 227 Å². The molecule has 3 heterocycles. The quantitative estimate of drug-likeness (QED) is 0.167. The van der Waals surface area contributed by atoms with Crippen molar-refractivity contribution in [3.8, 4) is 39.1 Å². The van der Waals surface area contributed by atoms with Crippen LogP contribution in [-0.2, 0) is 5.41 Å². The van der Waals surface area contributed by atoms with Crippen LogP contribution in [0.2, 0.25) is 0 Å². The van der Waals surface area contributed by atoms with Crippen LogP contribution in [0.3, 0.4) is 0 Å². The van der Waals surface area contributed by atoms with Crippen LogP contribution in [0.25, 0.3) is 105 Å². The Morgan fingerprint density at radius 2 is 0.851 bits per heavy atom. The predicted octanol–water partition coefficient (Wildman–Crippen LogP) is 17.7. The van der Waals surface area contributed by atoms with E-state index in [1.54, 1.807) is 0 Å². The Hall–Kier alpha value is -8.60. The van der Waals surface area contributed by atoms with E-state index in [1.807, 2.05) is 24.3 Å². The first-order valence-corrected chi connectivity index (χ1v) is 23.1. The molecule has 0 radical (unpaired) electrons. The van der Waals surface area contributed by atoms with Gasteiger partial charge in [-0.2, -0.15) is 0 Å². The maximum atomic E-state index is 6.45. The van der Waals surface area contributed by atoms with Crippen molar-refractivity contribution >= 4 is 82.7 Å². The van der Waals surface area contributed by atoms with Crippen molar-refractivity contribution in [3.05, 3.63) is 230 Å². The lowest BCUT2D eigenvalue weighted by Crippen LogP contribution is -2.16. The first kappa shape index (κ1) is 37.7. The van der Waals surface area contributed by atoms with E-state index in [2.05, 4.69) is 217 Å². The van der Waals surface area contributed by atoms with E-state index in [0.717, 1.165) is 72.2 Å². The molecule has 0 aliphatic heterocycles. The summed E-state index contributed by atoms with van der Waals surface area (Å²) < 4.78 is 15.3. The van der Waals surface area contributed by atoms with Crippen molar-refractivity contribution in [2.75, 3.05) is 4.90 Å². The molecule has 13 aromatic rings. The van der Waals surface area contributed by atoms with Crippen molar-refractivity contribution in [2.24, 2.45) is 0 Å². The molecule has 0 saturated carbocycles. The minimum Gasteiger partial charge on any atom is -0.456 e. The molecule has 1 aliphatic carbocycles. The van der Waals surface area contributed by atoms with Gasteiger partial charge in [0.05, 0.1) is 11.0 Å². The van der Waals surface area contributed by atoms with Crippen molar-refractivity contribution in [1.29, 1.82) is 0 Å². The first-order chi connectivity index (χ1) is 33.0. The summed E-state index contributed by atoms with van der Waals surface area (Å²) in [7, 11) is 0. The second-order valence-electron chi connectivity index (χ2n) is 18.4. The lowest BCUT2D eigenvalue weighted by atomic mass is 9.76. The van der Waals surface area contributed by atoms with Crippen LogP contribution >= 0.6 is 0 Å². The number of benzene rings is 10. The number of hydrogen-bond donors (Lipinski definition) is 0. The van der Waals surface area contributed by atoms with Crippen molar-refractivity contribution in [2.45, 2.75) is 19.3 Å². The van der Waals surface area contributed by atoms with E-state index in [-0.39, 0.29) is 5.41 Å². The van der Waals surface area contributed by atoms with Gasteiger partial charge >= 0.3 is 0 Å². The second kappa shape index (κ2) is 14.2. The van der Waals surface area contributed by atoms with Gasteiger partial charge in [0.25, 0.3) is 0 Å². The van der Waals surface area contributed by atoms with Gasteiger partial charge in [-0.1, -0.05) is 147 Å². The molecule has 0 bridgehead atoms. The van der Waals surface area contributed by atoms with Crippen LogP contribution in [-0.4, -0.2) is 4.57 Å². The Kier molecular flexibility index (Phi) is 8.00. The van der Waals surface area contributed by atoms with Crippen LogP contribution in [0.4, 0.5) is 17.1 Å². The van der Waals surface area contributed by atoms with Crippen LogP contribution in [0.5, 0.6) is 0 Å². The summed E-state index contributed by atoms with van der Waals surface area (Å²) in [4.78, 5) is 2.31. The standard InChI is InChI=1S/C63H42N2O2/c1-63(2)54-18-8-3-13-46(54)53-36-35-45(61(62(53)63)40-25-29-42(30-26-40)65-55-19-9-4-14-47(55)48-15-5-10-20-56(48)65)39-23-27-41(28-24-39)64(43-31-33-51-49-16-6-11-21-57(49)66-59(51)37-43)44-32-34-52-50-17-7-12-22-58(50)67-60(52)38-44/h3-38H,1-2H3. The van der Waals surface area contributed by atoms with E-state index < -0.39 is 0 Å². The maximum Gasteiger partial charge on any atom is 0.137 e. The molecule has 0 unspecified atom stereocenters. The molecule has 316 valence electrons. The van der Waals surface area contributed by atoms with E-state index >= 15 is 0 Å². The average Bonchev–Trinajstić information content (AvgIpc) is 4.10. The third-order valence-electron chi connectivity index (χ3n) is 14.4. The maximum absolute atomic E-state index is 6.45. The van der Waals surface area contributed by atoms with Gasteiger partial charge in [-0.05, 0) is 117 Å². The zero-order valence-electron chi connectivity index (χ0n) is 37.0. The highest BCUT2D eigenvalue weighted by Gasteiger charge is 2.38. The van der Waals surface area contributed by atoms with Crippen LogP contribution in [0.1, 0.15) is 25.0 Å². The second-order valence-corrected chi connectivity index (χ2v) is 18.4. The number of para-hydroxylation sites is 4. The molecule has 4 nitrogen and oxygen atoms in total. The summed E-state index contributed by atoms with van der Waals surface area (Å²) in [5.41, 5.74) is 20.0. The molecular formula is C63H42N2O2. The Morgan fingerprint density at radius 1 is 0.373 bits per heavy atom. The summed E-state index contributed by atoms with van der Waals surface area (Å²) in [6.07, 6.45) is 0. The van der Waals surface area contributed by atoms with Gasteiger partial charge < -0.3 is 18.3 Å². The van der Waals surface area contributed by atoms with E-state index in [9.17, 15) is 0 Å². The smallest absolute Gasteiger partial charge is 0.137 e. The molecule has 10 aromatic carbocycles. The fourth-order valence-corrected chi connectivity index (χ4v) is 11.3. The third-order valence-corrected chi connectivity index (χ3v) is 14.4. The highest BCUT2D eigenvalue weighted by atomic mass is 16.3. The molecule has 4 heteroatoms. The lowest BCUT2D eigenvalue weighted by Gasteiger charge is -2.27. The molecule has 0 spiro atoms. The molecule has 67 heavy (non-hydrogen) atoms. The van der Waals surface area contributed by atoms with E-state index in [1.165, 1.54) is 60.8 Å². The summed E-state index contributed by atoms with van der Waals surface area (Å²) in [5, 5.41) is 6.94. The SMILES string of the molecule is CC1(C)c2ccccc2-c2ccc(-c3ccc(N(c4ccc5c(c4)oc4ccccc45)c4ccc5c(c4)oc4ccccc45)cc3)c(-c3ccc(-n4c5ccccc5c5ccccc54)cc3)c21. The Labute approximate surface area is 387 Å². The minimum absolute atomic E-state index is 0.218. The summed E-state index contributed by atoms with van der Waals surface area (Å²) in [6.45, 7) is 4.77. The van der Waals surface area contributed by atoms with Gasteiger partial charge in [0.1, 0.15) is 22.3 Å². The zero-order chi connectivity index (χ0) is 44.4. The topological polar surface area (TPSA) is 34.5 Å². The number of anilines is 3. The molecule has 0 saturated heterocycles. The van der Waals surface area contributed by atoms with Crippen LogP contribution in [0, 0.1) is 0 Å². The Balaban J connectivity index is 0.928. The fraction of sp³-hybridized carbons (Fsp3) is 0.0476. The van der Waals surface area contributed by atoms with Gasteiger partial charge in [0.15, 0.2) is 0 Å². The summed E-state index contributed by atoms with van der Waals surface area (Å²) >= 11 is 0. The monoisotopic (exact) mass is 858 g/mol. The van der Waals surface area contributed by atoms with Gasteiger partial charge in [-0.25, -0.2) is 0 Å². The zero-order valence-corrected chi connectivity index (χ0v) is 37.0. The highest BCUT2D eigenvalue weighted by molar-refractivity contribution is 6.10. The van der Waals surface area contributed by atoms with Gasteiger partial charge in [0.2, 0.25) is 0 Å². The molecular weight excluding hydrogens is 817 g/mol. The number of nitrogens with zero attached hydrogens (tertiary/aromatic N) is 2. The third kappa shape index (κ3) is 5.60. The fourth-order valence-electron chi connectivity index (χ4n) is 11.3. The van der Waals surface area contributed by atoms with Crippen LogP contribution < -0.4 is 4.90 Å². The largest absolute Gasteiger partial charge is 0.456 e. The first-order valence-electron chi connectivity index (χ1n) is 23.1. The lowest BCUT2D eigenvalue weighted by molar-refractivity contribution is 0.662. The average molecular weight is 859 g/mol. The molecule has 0 amide bonds. The summed E-state index contributed by atoms with van der Waals surface area (Å²) in [5.74, 6) is 0. The van der Waals surface area contributed by atoms with Crippen molar-refractivity contribution in [1.82, 2.24) is 4.57 Å². The molecule has 0 atom stereocenters. The van der Waals surface area contributed by atoms with Crippen molar-refractivity contribution < 1.29 is 8.83 Å². The number of hydrogen-bond acceptors (Lipinski definition) is 3. The normalized spacial score (nSPS) is 13.0. The molecule has 14 rings (SSSR count). The minimum atomic E-state index is -0.218. The Bertz CT molecular complexity index is 3960. The Morgan fingerprint density at radius 3 is 1.46 bits per heavy atom. The van der Waals surface area contributed by atoms with Gasteiger partial charge in [-0.15, -0.1) is 0 Å². The van der Waals surface area contributed by atoms with Gasteiger partial charge in [0, 0.05) is 72.6 Å². The number of rotatable bonds is 6. The van der Waals surface area contributed by atoms with Gasteiger partial charge in [-0.3, -0.25) is 0 Å². The predicted molar refractivity (Wildman–Crippen MR) is 278 cm³/mol.